The maximum absolute atomic E-state index is 12.8. The van der Waals surface area contributed by atoms with Crippen LogP contribution >= 0.6 is 23.2 Å². The number of benzene rings is 2. The van der Waals surface area contributed by atoms with Crippen molar-refractivity contribution in [3.05, 3.63) is 63.1 Å². The first kappa shape index (κ1) is 18.2. The summed E-state index contributed by atoms with van der Waals surface area (Å²) >= 11 is 11.9. The van der Waals surface area contributed by atoms with Gasteiger partial charge in [-0.15, -0.1) is 0 Å². The molecular formula is C19H13Cl2NO4. The van der Waals surface area contributed by atoms with Gasteiger partial charge in [-0.05, 0) is 43.3 Å². The molecule has 1 aliphatic rings. The van der Waals surface area contributed by atoms with E-state index < -0.39 is 11.8 Å². The Morgan fingerprint density at radius 1 is 0.962 bits per heavy atom. The molecule has 26 heavy (non-hydrogen) atoms. The van der Waals surface area contributed by atoms with Crippen molar-refractivity contribution < 1.29 is 19.5 Å². The maximum Gasteiger partial charge on any atom is 0.269 e. The van der Waals surface area contributed by atoms with Crippen LogP contribution in [0.1, 0.15) is 35.3 Å². The second kappa shape index (κ2) is 6.59. The van der Waals surface area contributed by atoms with Gasteiger partial charge in [0.25, 0.3) is 5.91 Å². The molecule has 3 rings (SSSR count). The Morgan fingerprint density at radius 2 is 1.58 bits per heavy atom. The van der Waals surface area contributed by atoms with Crippen LogP contribution in [0.5, 0.6) is 0 Å². The van der Waals surface area contributed by atoms with E-state index in [-0.39, 0.29) is 32.7 Å². The molecule has 2 amide bonds. The van der Waals surface area contributed by atoms with Crippen molar-refractivity contribution in [2.45, 2.75) is 13.8 Å². The average Bonchev–Trinajstić information content (AvgIpc) is 2.84. The van der Waals surface area contributed by atoms with E-state index >= 15 is 0 Å². The minimum atomic E-state index is -0.679. The molecule has 0 atom stereocenters. The molecular weight excluding hydrogens is 377 g/mol. The summed E-state index contributed by atoms with van der Waals surface area (Å²) in [6.07, 6.45) is 0. The van der Waals surface area contributed by atoms with Crippen LogP contribution < -0.4 is 4.90 Å². The minimum Gasteiger partial charge on any atom is -0.506 e. The molecule has 2 aromatic carbocycles. The van der Waals surface area contributed by atoms with E-state index in [0.29, 0.717) is 16.8 Å². The Balaban J connectivity index is 2.31. The molecule has 0 spiro atoms. The normalized spacial score (nSPS) is 15.1. The van der Waals surface area contributed by atoms with Crippen LogP contribution in [-0.2, 0) is 9.59 Å². The van der Waals surface area contributed by atoms with Gasteiger partial charge in [-0.1, -0.05) is 23.2 Å². The molecule has 0 fully saturated rings. The molecule has 0 aromatic heterocycles. The molecule has 132 valence electrons. The van der Waals surface area contributed by atoms with Crippen molar-refractivity contribution in [2.75, 3.05) is 4.90 Å². The maximum atomic E-state index is 12.8. The number of carbonyl (C=O) groups is 3. The number of rotatable bonds is 2. The number of ketones is 1. The van der Waals surface area contributed by atoms with Crippen LogP contribution in [0.4, 0.5) is 5.69 Å². The van der Waals surface area contributed by atoms with Gasteiger partial charge in [-0.3, -0.25) is 14.4 Å². The molecule has 0 saturated heterocycles. The summed E-state index contributed by atoms with van der Waals surface area (Å²) in [5.74, 6) is -1.75. The molecule has 0 unspecified atom stereocenters. The van der Waals surface area contributed by atoms with E-state index in [0.717, 1.165) is 4.90 Å². The highest BCUT2D eigenvalue weighted by Gasteiger charge is 2.38. The third kappa shape index (κ3) is 3.00. The molecule has 0 bridgehead atoms. The lowest BCUT2D eigenvalue weighted by Crippen LogP contribution is -2.31. The molecule has 0 radical (unpaired) electrons. The SMILES string of the molecule is CC(=O)c1ccc2c(c1)/C(=C(/O)c1cc(Cl)cc(Cl)c1)C(=O)N2C(C)=O. The second-order valence-corrected chi connectivity index (χ2v) is 6.70. The van der Waals surface area contributed by atoms with E-state index in [2.05, 4.69) is 0 Å². The molecule has 5 nitrogen and oxygen atoms in total. The molecule has 7 heteroatoms. The summed E-state index contributed by atoms with van der Waals surface area (Å²) in [4.78, 5) is 37.4. The van der Waals surface area contributed by atoms with Gasteiger partial charge in [0.05, 0.1) is 11.3 Å². The standard InChI is InChI=1S/C19H13Cl2NO4/c1-9(23)11-3-4-16-15(7-11)17(19(26)22(16)10(2)24)18(25)12-5-13(20)8-14(21)6-12/h3-8,25H,1-2H3/b18-17-. The van der Waals surface area contributed by atoms with Crippen LogP contribution in [0.25, 0.3) is 11.3 Å². The highest BCUT2D eigenvalue weighted by molar-refractivity contribution is 6.43. The number of halogens is 2. The van der Waals surface area contributed by atoms with Gasteiger partial charge in [0, 0.05) is 33.7 Å². The zero-order chi connectivity index (χ0) is 19.2. The zero-order valence-corrected chi connectivity index (χ0v) is 15.4. The summed E-state index contributed by atoms with van der Waals surface area (Å²) in [7, 11) is 0. The fourth-order valence-electron chi connectivity index (χ4n) is 2.86. The summed E-state index contributed by atoms with van der Waals surface area (Å²) < 4.78 is 0. The summed E-state index contributed by atoms with van der Waals surface area (Å²) in [5.41, 5.74) is 1.11. The van der Waals surface area contributed by atoms with E-state index in [9.17, 15) is 19.5 Å². The summed E-state index contributed by atoms with van der Waals surface area (Å²) in [6.45, 7) is 2.64. The van der Waals surface area contributed by atoms with Gasteiger partial charge in [-0.2, -0.15) is 0 Å². The number of anilines is 1. The molecule has 0 aliphatic carbocycles. The third-order valence-electron chi connectivity index (χ3n) is 4.02. The van der Waals surface area contributed by atoms with Gasteiger partial charge in [0.2, 0.25) is 5.91 Å². The molecule has 0 saturated carbocycles. The number of nitrogens with zero attached hydrogens (tertiary/aromatic N) is 1. The summed E-state index contributed by atoms with van der Waals surface area (Å²) in [6, 6.07) is 8.92. The van der Waals surface area contributed by atoms with E-state index in [1.807, 2.05) is 0 Å². The predicted molar refractivity (Wildman–Crippen MR) is 101 cm³/mol. The fourth-order valence-corrected chi connectivity index (χ4v) is 3.39. The number of aliphatic hydroxyl groups is 1. The minimum absolute atomic E-state index is 0.0865. The lowest BCUT2D eigenvalue weighted by Gasteiger charge is -2.12. The first-order valence-corrected chi connectivity index (χ1v) is 8.36. The van der Waals surface area contributed by atoms with Crippen LogP contribution in [0, 0.1) is 0 Å². The van der Waals surface area contributed by atoms with Crippen molar-refractivity contribution in [1.82, 2.24) is 0 Å². The zero-order valence-electron chi connectivity index (χ0n) is 13.8. The quantitative estimate of drug-likeness (QED) is 0.465. The van der Waals surface area contributed by atoms with Gasteiger partial charge in [0.15, 0.2) is 5.78 Å². The third-order valence-corrected chi connectivity index (χ3v) is 4.45. The molecule has 1 aliphatic heterocycles. The van der Waals surface area contributed by atoms with Gasteiger partial charge in [-0.25, -0.2) is 4.90 Å². The number of hydrogen-bond donors (Lipinski definition) is 1. The fraction of sp³-hybridized carbons (Fsp3) is 0.105. The number of Topliss-reactive ketones (excluding diaryl/α,β-unsaturated/α-hetero) is 1. The van der Waals surface area contributed by atoms with Crippen LogP contribution in [0.2, 0.25) is 10.0 Å². The molecule has 1 N–H and O–H groups in total. The molecule has 2 aromatic rings. The van der Waals surface area contributed by atoms with Crippen molar-refractivity contribution in [3.8, 4) is 0 Å². The largest absolute Gasteiger partial charge is 0.506 e. The topological polar surface area (TPSA) is 74.7 Å². The first-order valence-electron chi connectivity index (χ1n) is 7.60. The highest BCUT2D eigenvalue weighted by atomic mass is 35.5. The van der Waals surface area contributed by atoms with Crippen molar-refractivity contribution in [3.63, 3.8) is 0 Å². The van der Waals surface area contributed by atoms with E-state index in [1.54, 1.807) is 0 Å². The van der Waals surface area contributed by atoms with Gasteiger partial charge < -0.3 is 5.11 Å². The van der Waals surface area contributed by atoms with E-state index in [1.165, 1.54) is 50.2 Å². The lowest BCUT2D eigenvalue weighted by molar-refractivity contribution is -0.122. The molecule has 1 heterocycles. The van der Waals surface area contributed by atoms with Crippen LogP contribution in [0.3, 0.4) is 0 Å². The Hall–Kier alpha value is -2.63. The van der Waals surface area contributed by atoms with Crippen LogP contribution in [0.15, 0.2) is 36.4 Å². The monoisotopic (exact) mass is 389 g/mol. The van der Waals surface area contributed by atoms with Crippen molar-refractivity contribution >= 4 is 57.8 Å². The Kier molecular flexibility index (Phi) is 4.61. The number of imide groups is 1. The average molecular weight is 390 g/mol. The predicted octanol–water partition coefficient (Wildman–Crippen LogP) is 4.52. The first-order chi connectivity index (χ1) is 12.2. The lowest BCUT2D eigenvalue weighted by atomic mass is 9.99. The highest BCUT2D eigenvalue weighted by Crippen LogP contribution is 2.41. The number of amides is 2. The smallest absolute Gasteiger partial charge is 0.269 e. The number of aliphatic hydroxyl groups excluding tert-OH is 1. The van der Waals surface area contributed by atoms with Gasteiger partial charge >= 0.3 is 0 Å². The Morgan fingerprint density at radius 3 is 2.12 bits per heavy atom. The number of fused-ring (bicyclic) bond motifs is 1. The van der Waals surface area contributed by atoms with Crippen molar-refractivity contribution in [1.29, 1.82) is 0 Å². The van der Waals surface area contributed by atoms with Crippen LogP contribution in [-0.4, -0.2) is 22.7 Å². The Bertz CT molecular complexity index is 990. The van der Waals surface area contributed by atoms with E-state index in [4.69, 9.17) is 23.2 Å². The number of hydrogen-bond acceptors (Lipinski definition) is 4. The second-order valence-electron chi connectivity index (χ2n) is 5.83. The number of carbonyl (C=O) groups excluding carboxylic acids is 3. The van der Waals surface area contributed by atoms with Gasteiger partial charge in [0.1, 0.15) is 5.76 Å². The van der Waals surface area contributed by atoms with Crippen molar-refractivity contribution in [2.24, 2.45) is 0 Å². The Labute approximate surface area is 159 Å². The summed E-state index contributed by atoms with van der Waals surface area (Å²) in [5, 5.41) is 11.3.